The van der Waals surface area contributed by atoms with Crippen LogP contribution in [-0.2, 0) is 65.4 Å². The van der Waals surface area contributed by atoms with Crippen LogP contribution in [0.3, 0.4) is 0 Å². The molecule has 0 bridgehead atoms. The highest BCUT2D eigenvalue weighted by Crippen LogP contribution is 2.45. The Morgan fingerprint density at radius 2 is 0.554 bits per heavy atom. The molecule has 0 aliphatic carbocycles. The van der Waals surface area contributed by atoms with Gasteiger partial charge < -0.3 is 33.8 Å². The zero-order valence-electron chi connectivity index (χ0n) is 59.9. The van der Waals surface area contributed by atoms with Crippen molar-refractivity contribution >= 4 is 39.5 Å². The van der Waals surface area contributed by atoms with E-state index in [2.05, 4.69) is 41.5 Å². The van der Waals surface area contributed by atoms with Gasteiger partial charge in [0.25, 0.3) is 0 Å². The molecule has 0 amide bonds. The summed E-state index contributed by atoms with van der Waals surface area (Å²) in [5, 5.41) is 10.6. The summed E-state index contributed by atoms with van der Waals surface area (Å²) in [7, 11) is -9.90. The molecule has 3 unspecified atom stereocenters. The Morgan fingerprint density at radius 1 is 0.315 bits per heavy atom. The fourth-order valence-electron chi connectivity index (χ4n) is 11.1. The second kappa shape index (κ2) is 65.0. The second-order valence-corrected chi connectivity index (χ2v) is 30.0. The molecule has 6 atom stereocenters. The molecule has 0 saturated carbocycles. The number of hydrogen-bond donors (Lipinski definition) is 3. The fourth-order valence-corrected chi connectivity index (χ4v) is 12.7. The zero-order valence-corrected chi connectivity index (χ0v) is 61.6. The van der Waals surface area contributed by atoms with Crippen LogP contribution >= 0.6 is 15.6 Å². The van der Waals surface area contributed by atoms with Crippen molar-refractivity contribution in [3.63, 3.8) is 0 Å². The SMILES string of the molecule is CCCCCCCCCCCCCCCC(=O)O[C@H](COC(=O)CCCCCCCCC)COP(=O)(O)OC[C@H](O)COP(=O)(O)OC[C@@H](COC(=O)CCCCCCCCCCCCC(C)CC)OC(=O)CCCCCCCCCCCCCCCCCC(C)C. The highest BCUT2D eigenvalue weighted by Gasteiger charge is 2.30. The Balaban J connectivity index is 5.20. The van der Waals surface area contributed by atoms with E-state index in [1.165, 1.54) is 180 Å². The van der Waals surface area contributed by atoms with Crippen molar-refractivity contribution in [2.24, 2.45) is 11.8 Å². The van der Waals surface area contributed by atoms with Crippen molar-refractivity contribution in [1.82, 2.24) is 0 Å². The Hall–Kier alpha value is -1.94. The topological polar surface area (TPSA) is 237 Å². The highest BCUT2D eigenvalue weighted by atomic mass is 31.2. The van der Waals surface area contributed by atoms with Gasteiger partial charge in [-0.15, -0.1) is 0 Å². The van der Waals surface area contributed by atoms with E-state index in [0.717, 1.165) is 115 Å². The fraction of sp³-hybridized carbons (Fsp3) is 0.945. The first-order valence-corrected chi connectivity index (χ1v) is 41.0. The van der Waals surface area contributed by atoms with E-state index in [1.54, 1.807) is 0 Å². The minimum Gasteiger partial charge on any atom is -0.462 e. The van der Waals surface area contributed by atoms with Gasteiger partial charge in [0.2, 0.25) is 0 Å². The van der Waals surface area contributed by atoms with Gasteiger partial charge in [0.05, 0.1) is 26.4 Å². The van der Waals surface area contributed by atoms with E-state index >= 15 is 0 Å². The molecule has 0 heterocycles. The summed E-state index contributed by atoms with van der Waals surface area (Å²) in [6, 6.07) is 0. The van der Waals surface area contributed by atoms with Crippen LogP contribution in [0, 0.1) is 11.8 Å². The van der Waals surface area contributed by atoms with Crippen LogP contribution in [0.25, 0.3) is 0 Å². The van der Waals surface area contributed by atoms with Crippen molar-refractivity contribution in [2.45, 2.75) is 394 Å². The largest absolute Gasteiger partial charge is 0.472 e. The van der Waals surface area contributed by atoms with Crippen molar-refractivity contribution in [2.75, 3.05) is 39.6 Å². The van der Waals surface area contributed by atoms with Crippen LogP contribution in [0.15, 0.2) is 0 Å². The van der Waals surface area contributed by atoms with Gasteiger partial charge in [-0.3, -0.25) is 37.3 Å². The molecular formula is C73H142O17P2. The number of phosphoric ester groups is 2. The van der Waals surface area contributed by atoms with Crippen molar-refractivity contribution in [1.29, 1.82) is 0 Å². The number of esters is 4. The van der Waals surface area contributed by atoms with Gasteiger partial charge in [-0.2, -0.15) is 0 Å². The maximum absolute atomic E-state index is 13.1. The van der Waals surface area contributed by atoms with Crippen LogP contribution in [-0.4, -0.2) is 96.7 Å². The standard InChI is InChI=1S/C73H142O17P2/c1-7-10-12-14-16-17-18-22-26-33-39-45-51-57-72(77)89-68(61-83-70(75)55-49-43-35-15-13-11-8-2)63-87-91(79,80)85-59-67(74)60-86-92(81,82)88-64-69(62-84-71(76)56-50-44-38-32-29-28-31-37-42-48-54-66(6)9-3)90-73(78)58-52-46-40-34-27-24-21-19-20-23-25-30-36-41-47-53-65(4)5/h65-69,74H,7-64H2,1-6H3,(H,79,80)(H,81,82)/t66?,67-,68+,69+/m0/s1. The third kappa shape index (κ3) is 65.4. The molecule has 546 valence electrons. The summed E-state index contributed by atoms with van der Waals surface area (Å²) in [5.74, 6) is -0.511. The first-order valence-electron chi connectivity index (χ1n) is 38.0. The Kier molecular flexibility index (Phi) is 63.7. The van der Waals surface area contributed by atoms with Crippen molar-refractivity contribution < 1.29 is 80.2 Å². The smallest absolute Gasteiger partial charge is 0.462 e. The molecule has 0 spiro atoms. The number of rotatable bonds is 72. The highest BCUT2D eigenvalue weighted by molar-refractivity contribution is 7.47. The third-order valence-electron chi connectivity index (χ3n) is 17.3. The molecule has 19 heteroatoms. The summed E-state index contributed by atoms with van der Waals surface area (Å²) in [5.41, 5.74) is 0. The van der Waals surface area contributed by atoms with Gasteiger partial charge >= 0.3 is 39.5 Å². The molecule has 0 aromatic rings. The molecule has 0 fully saturated rings. The van der Waals surface area contributed by atoms with E-state index < -0.39 is 97.5 Å². The van der Waals surface area contributed by atoms with Crippen LogP contribution in [0.1, 0.15) is 375 Å². The monoisotopic (exact) mass is 1350 g/mol. The number of phosphoric acid groups is 2. The van der Waals surface area contributed by atoms with E-state index in [0.29, 0.717) is 25.7 Å². The number of hydrogen-bond acceptors (Lipinski definition) is 15. The lowest BCUT2D eigenvalue weighted by molar-refractivity contribution is -0.161. The normalized spacial score (nSPS) is 14.4. The molecule has 0 aliphatic rings. The average Bonchev–Trinajstić information content (AvgIpc) is 2.35. The average molecular weight is 1350 g/mol. The lowest BCUT2D eigenvalue weighted by Crippen LogP contribution is -2.30. The minimum atomic E-state index is -4.95. The molecular weight excluding hydrogens is 1210 g/mol. The molecule has 0 aliphatic heterocycles. The maximum atomic E-state index is 13.1. The Bertz CT molecular complexity index is 1790. The van der Waals surface area contributed by atoms with Gasteiger partial charge in [-0.25, -0.2) is 9.13 Å². The molecule has 0 aromatic heterocycles. The lowest BCUT2D eigenvalue weighted by atomic mass is 9.99. The van der Waals surface area contributed by atoms with Gasteiger partial charge in [-0.1, -0.05) is 324 Å². The van der Waals surface area contributed by atoms with E-state index in [1.807, 2.05) is 0 Å². The molecule has 0 rings (SSSR count). The molecule has 3 N–H and O–H groups in total. The summed E-state index contributed by atoms with van der Waals surface area (Å²) >= 11 is 0. The molecule has 17 nitrogen and oxygen atoms in total. The second-order valence-electron chi connectivity index (χ2n) is 27.1. The van der Waals surface area contributed by atoms with Crippen molar-refractivity contribution in [3.05, 3.63) is 0 Å². The maximum Gasteiger partial charge on any atom is 0.472 e. The number of ether oxygens (including phenoxy) is 4. The summed E-state index contributed by atoms with van der Waals surface area (Å²) in [4.78, 5) is 72.6. The zero-order chi connectivity index (χ0) is 67.9. The lowest BCUT2D eigenvalue weighted by Gasteiger charge is -2.21. The van der Waals surface area contributed by atoms with Gasteiger partial charge in [-0.05, 0) is 37.5 Å². The van der Waals surface area contributed by atoms with E-state index in [9.17, 15) is 43.2 Å². The Morgan fingerprint density at radius 3 is 0.826 bits per heavy atom. The van der Waals surface area contributed by atoms with Crippen LogP contribution in [0.5, 0.6) is 0 Å². The first kappa shape index (κ1) is 90.1. The van der Waals surface area contributed by atoms with Gasteiger partial charge in [0.1, 0.15) is 19.3 Å². The molecule has 92 heavy (non-hydrogen) atoms. The van der Waals surface area contributed by atoms with Crippen LogP contribution < -0.4 is 0 Å². The number of aliphatic hydroxyl groups is 1. The first-order chi connectivity index (χ1) is 44.4. The number of carbonyl (C=O) groups is 4. The number of aliphatic hydroxyl groups excluding tert-OH is 1. The van der Waals surface area contributed by atoms with Gasteiger partial charge in [0, 0.05) is 25.7 Å². The Labute approximate surface area is 562 Å². The van der Waals surface area contributed by atoms with Crippen molar-refractivity contribution in [3.8, 4) is 0 Å². The minimum absolute atomic E-state index is 0.107. The summed E-state index contributed by atoms with van der Waals surface area (Å²) < 4.78 is 68.3. The van der Waals surface area contributed by atoms with Gasteiger partial charge in [0.15, 0.2) is 12.2 Å². The molecule has 0 aromatic carbocycles. The van der Waals surface area contributed by atoms with Crippen LogP contribution in [0.4, 0.5) is 0 Å². The predicted octanol–water partition coefficient (Wildman–Crippen LogP) is 21.2. The third-order valence-corrected chi connectivity index (χ3v) is 19.2. The summed E-state index contributed by atoms with van der Waals surface area (Å²) in [6.45, 7) is 9.59. The van der Waals surface area contributed by atoms with E-state index in [-0.39, 0.29) is 25.7 Å². The number of unbranched alkanes of at least 4 members (excludes halogenated alkanes) is 41. The summed E-state index contributed by atoms with van der Waals surface area (Å²) in [6.07, 6.45) is 51.3. The molecule has 0 radical (unpaired) electrons. The molecule has 0 saturated heterocycles. The van der Waals surface area contributed by atoms with Crippen LogP contribution in [0.2, 0.25) is 0 Å². The predicted molar refractivity (Wildman–Crippen MR) is 372 cm³/mol. The quantitative estimate of drug-likeness (QED) is 0.0222. The van der Waals surface area contributed by atoms with E-state index in [4.69, 9.17) is 37.0 Å². The number of carbonyl (C=O) groups excluding carboxylic acids is 4.